The first-order chi connectivity index (χ1) is 5.75. The van der Waals surface area contributed by atoms with Gasteiger partial charge in [0.25, 0.3) is 0 Å². The predicted octanol–water partition coefficient (Wildman–Crippen LogP) is 0.667. The molecule has 2 aliphatic heterocycles. The fraction of sp³-hybridized carbons (Fsp3) is 1.00. The van der Waals surface area contributed by atoms with Crippen LogP contribution in [0.4, 0.5) is 0 Å². The van der Waals surface area contributed by atoms with E-state index in [1.165, 1.54) is 12.8 Å². The summed E-state index contributed by atoms with van der Waals surface area (Å²) < 4.78 is 11.7. The Hall–Kier alpha value is 0.110. The van der Waals surface area contributed by atoms with Crippen molar-refractivity contribution in [3.8, 4) is 0 Å². The Bertz CT molecular complexity index is 241. The summed E-state index contributed by atoms with van der Waals surface area (Å²) in [5, 5.41) is 10.4. The molecule has 2 nitrogen and oxygen atoms in total. The second-order valence-corrected chi connectivity index (χ2v) is 6.48. The summed E-state index contributed by atoms with van der Waals surface area (Å²) in [6.07, 6.45) is 4.19. The van der Waals surface area contributed by atoms with E-state index in [0.717, 1.165) is 18.8 Å². The van der Waals surface area contributed by atoms with Crippen molar-refractivity contribution >= 4 is 10.8 Å². The number of hydrogen-bond acceptors (Lipinski definition) is 2. The molecular weight excluding hydrogens is 172 g/mol. The molecule has 0 radical (unpaired) electrons. The monoisotopic (exact) mass is 186 g/mol. The van der Waals surface area contributed by atoms with Gasteiger partial charge in [0.05, 0.1) is 11.4 Å². The molecule has 4 aliphatic rings. The van der Waals surface area contributed by atoms with E-state index in [0.29, 0.717) is 11.2 Å². The van der Waals surface area contributed by atoms with Gasteiger partial charge >= 0.3 is 0 Å². The van der Waals surface area contributed by atoms with E-state index in [4.69, 9.17) is 0 Å². The van der Waals surface area contributed by atoms with E-state index < -0.39 is 10.8 Å². The van der Waals surface area contributed by atoms with Gasteiger partial charge in [-0.1, -0.05) is 0 Å². The smallest absolute Gasteiger partial charge is 0.0712 e. The normalized spacial score (nSPS) is 62.4. The third-order valence-corrected chi connectivity index (χ3v) is 5.96. The van der Waals surface area contributed by atoms with Crippen LogP contribution in [0.3, 0.4) is 0 Å². The van der Waals surface area contributed by atoms with Crippen molar-refractivity contribution in [2.24, 2.45) is 11.8 Å². The Morgan fingerprint density at radius 2 is 2.00 bits per heavy atom. The van der Waals surface area contributed by atoms with Gasteiger partial charge in [-0.25, -0.2) is 0 Å². The Kier molecular flexibility index (Phi) is 1.45. The lowest BCUT2D eigenvalue weighted by Crippen LogP contribution is -2.56. The molecule has 4 rings (SSSR count). The third kappa shape index (κ3) is 0.814. The van der Waals surface area contributed by atoms with Crippen molar-refractivity contribution in [1.29, 1.82) is 0 Å². The van der Waals surface area contributed by atoms with Gasteiger partial charge in [-0.15, -0.1) is 0 Å². The van der Waals surface area contributed by atoms with Crippen LogP contribution in [0.2, 0.25) is 0 Å². The summed E-state index contributed by atoms with van der Waals surface area (Å²) in [6, 6.07) is 0. The maximum Gasteiger partial charge on any atom is 0.0712 e. The first-order valence-electron chi connectivity index (χ1n) is 4.83. The van der Waals surface area contributed by atoms with Gasteiger partial charge in [0.2, 0.25) is 0 Å². The summed E-state index contributed by atoms with van der Waals surface area (Å²) in [7, 11) is -0.706. The maximum absolute atomic E-state index is 11.7. The number of aliphatic hydroxyl groups is 1. The van der Waals surface area contributed by atoms with E-state index >= 15 is 0 Å². The van der Waals surface area contributed by atoms with Gasteiger partial charge in [-0.05, 0) is 37.5 Å². The summed E-state index contributed by atoms with van der Waals surface area (Å²) >= 11 is 0. The number of aliphatic hydroxyl groups excluding tert-OH is 1. The van der Waals surface area contributed by atoms with Crippen LogP contribution >= 0.6 is 0 Å². The van der Waals surface area contributed by atoms with Crippen molar-refractivity contribution in [1.82, 2.24) is 0 Å². The number of hydrogen-bond donors (Lipinski definition) is 1. The van der Waals surface area contributed by atoms with E-state index in [-0.39, 0.29) is 11.4 Å². The molecule has 12 heavy (non-hydrogen) atoms. The van der Waals surface area contributed by atoms with Crippen LogP contribution in [0.15, 0.2) is 0 Å². The van der Waals surface area contributed by atoms with E-state index in [2.05, 4.69) is 0 Å². The lowest BCUT2D eigenvalue weighted by atomic mass is 9.70. The minimum atomic E-state index is -0.706. The second-order valence-electron chi connectivity index (χ2n) is 4.55. The fourth-order valence-electron chi connectivity index (χ4n) is 3.34. The van der Waals surface area contributed by atoms with Crippen molar-refractivity contribution in [3.63, 3.8) is 0 Å². The van der Waals surface area contributed by atoms with Gasteiger partial charge in [-0.2, -0.15) is 0 Å². The average Bonchev–Trinajstić information content (AvgIpc) is 2.07. The van der Waals surface area contributed by atoms with Gasteiger partial charge < -0.3 is 5.11 Å². The quantitative estimate of drug-likeness (QED) is 0.603. The van der Waals surface area contributed by atoms with Crippen LogP contribution in [-0.4, -0.2) is 25.9 Å². The Morgan fingerprint density at radius 3 is 2.83 bits per heavy atom. The largest absolute Gasteiger partial charge is 0.392 e. The molecule has 3 heteroatoms. The molecular formula is C9H14O2S. The summed E-state index contributed by atoms with van der Waals surface area (Å²) in [4.78, 5) is 0. The molecule has 2 heterocycles. The Labute approximate surface area is 74.8 Å². The molecule has 0 aromatic carbocycles. The summed E-state index contributed by atoms with van der Waals surface area (Å²) in [6.45, 7) is 0. The summed E-state index contributed by atoms with van der Waals surface area (Å²) in [5.41, 5.74) is 0. The van der Waals surface area contributed by atoms with Gasteiger partial charge in [0, 0.05) is 16.0 Å². The molecule has 6 atom stereocenters. The fourth-order valence-corrected chi connectivity index (χ4v) is 5.69. The van der Waals surface area contributed by atoms with Crippen molar-refractivity contribution in [2.45, 2.75) is 42.3 Å². The van der Waals surface area contributed by atoms with Crippen molar-refractivity contribution in [2.75, 3.05) is 0 Å². The molecule has 0 amide bonds. The highest BCUT2D eigenvalue weighted by Gasteiger charge is 2.51. The molecule has 2 saturated carbocycles. The summed E-state index contributed by atoms with van der Waals surface area (Å²) in [5.74, 6) is 1.28. The zero-order valence-corrected chi connectivity index (χ0v) is 7.80. The molecule has 6 unspecified atom stereocenters. The second kappa shape index (κ2) is 2.32. The molecule has 4 bridgehead atoms. The van der Waals surface area contributed by atoms with Gasteiger partial charge in [0.15, 0.2) is 0 Å². The highest BCUT2D eigenvalue weighted by atomic mass is 32.2. The van der Waals surface area contributed by atoms with Crippen LogP contribution in [0.5, 0.6) is 0 Å². The Morgan fingerprint density at radius 1 is 1.17 bits per heavy atom. The zero-order valence-electron chi connectivity index (χ0n) is 6.98. The zero-order chi connectivity index (χ0) is 8.29. The maximum atomic E-state index is 11.7. The molecule has 2 aliphatic carbocycles. The van der Waals surface area contributed by atoms with E-state index in [9.17, 15) is 9.32 Å². The molecule has 4 fully saturated rings. The standard InChI is InChI=1S/C9H14O2S/c10-9-6-1-5-2-7(4-6)12(11)8(9)3-5/h5-10H,1-4H2. The average molecular weight is 186 g/mol. The van der Waals surface area contributed by atoms with Crippen LogP contribution in [-0.2, 0) is 10.8 Å². The third-order valence-electron chi connectivity index (χ3n) is 3.85. The lowest BCUT2D eigenvalue weighted by Gasteiger charge is -2.51. The molecule has 68 valence electrons. The molecule has 1 N–H and O–H groups in total. The first-order valence-corrected chi connectivity index (χ1v) is 6.11. The first kappa shape index (κ1) is 7.51. The van der Waals surface area contributed by atoms with Crippen molar-refractivity contribution in [3.05, 3.63) is 0 Å². The highest BCUT2D eigenvalue weighted by Crippen LogP contribution is 2.49. The number of rotatable bonds is 0. The van der Waals surface area contributed by atoms with Crippen LogP contribution < -0.4 is 0 Å². The highest BCUT2D eigenvalue weighted by molar-refractivity contribution is 7.86. The van der Waals surface area contributed by atoms with E-state index in [1.807, 2.05) is 0 Å². The lowest BCUT2D eigenvalue weighted by molar-refractivity contribution is 0.0171. The predicted molar refractivity (Wildman–Crippen MR) is 47.2 cm³/mol. The molecule has 0 aromatic heterocycles. The molecule has 0 aromatic rings. The van der Waals surface area contributed by atoms with Crippen molar-refractivity contribution < 1.29 is 9.32 Å². The molecule has 2 saturated heterocycles. The minimum Gasteiger partial charge on any atom is -0.392 e. The molecule has 0 spiro atoms. The van der Waals surface area contributed by atoms with E-state index in [1.54, 1.807) is 0 Å². The van der Waals surface area contributed by atoms with Crippen LogP contribution in [0.25, 0.3) is 0 Å². The van der Waals surface area contributed by atoms with Gasteiger partial charge in [-0.3, -0.25) is 4.21 Å². The SMILES string of the molecule is O=S1C2CC3CC(C2)C(O)C1C3. The Balaban J connectivity index is 1.98. The van der Waals surface area contributed by atoms with Crippen LogP contribution in [0.1, 0.15) is 25.7 Å². The minimum absolute atomic E-state index is 0.140. The van der Waals surface area contributed by atoms with Crippen LogP contribution in [0, 0.1) is 11.8 Å². The topological polar surface area (TPSA) is 37.3 Å². The van der Waals surface area contributed by atoms with Gasteiger partial charge in [0.1, 0.15) is 0 Å².